The maximum atomic E-state index is 12.5. The summed E-state index contributed by atoms with van der Waals surface area (Å²) in [6.07, 6.45) is 0.985. The molecule has 0 atom stereocenters. The predicted octanol–water partition coefficient (Wildman–Crippen LogP) is 1.68. The molecule has 72 valence electrons. The van der Waals surface area contributed by atoms with E-state index >= 15 is 0 Å². The number of ether oxygens (including phenoxy) is 2. The van der Waals surface area contributed by atoms with E-state index < -0.39 is 8.96 Å². The summed E-state index contributed by atoms with van der Waals surface area (Å²) < 4.78 is 33.2. The van der Waals surface area contributed by atoms with Crippen LogP contribution in [0.4, 0.5) is 8.78 Å². The van der Waals surface area contributed by atoms with Gasteiger partial charge in [-0.05, 0) is 0 Å². The number of hydrogen-bond acceptors (Lipinski definition) is 2. The molecule has 1 rings (SSSR count). The second kappa shape index (κ2) is 4.53. The Morgan fingerprint density at radius 2 is 1.92 bits per heavy atom. The first-order valence-electron chi connectivity index (χ1n) is 4.57. The Morgan fingerprint density at radius 1 is 1.38 bits per heavy atom. The van der Waals surface area contributed by atoms with E-state index in [0.717, 1.165) is 0 Å². The summed E-state index contributed by atoms with van der Waals surface area (Å²) in [7, 11) is 0. The fourth-order valence-electron chi connectivity index (χ4n) is 1.42. The van der Waals surface area contributed by atoms with Crippen molar-refractivity contribution in [2.75, 3.05) is 13.2 Å². The van der Waals surface area contributed by atoms with Gasteiger partial charge < -0.3 is 0 Å². The number of halogens is 2. The molecule has 0 aromatic heterocycles. The fourth-order valence-corrected chi connectivity index (χ4v) is 1.77. The normalized spacial score (nSPS) is 22.2. The third kappa shape index (κ3) is 4.70. The third-order valence-corrected chi connectivity index (χ3v) is 2.64. The van der Waals surface area contributed by atoms with Crippen LogP contribution < -0.4 is 0 Å². The van der Waals surface area contributed by atoms with Crippen molar-refractivity contribution < 1.29 is 18.3 Å². The zero-order valence-corrected chi connectivity index (χ0v) is 10.1. The van der Waals surface area contributed by atoms with E-state index in [1.165, 1.54) is 0 Å². The molecule has 1 heterocycles. The van der Waals surface area contributed by atoms with E-state index in [-0.39, 0.29) is 34.4 Å². The van der Waals surface area contributed by atoms with Gasteiger partial charge in [0.1, 0.15) is 0 Å². The summed E-state index contributed by atoms with van der Waals surface area (Å²) in [5.74, 6) is -0.604. The van der Waals surface area contributed by atoms with Gasteiger partial charge >= 0.3 is 94.5 Å². The molecule has 0 N–H and O–H groups in total. The first kappa shape index (κ1) is 11.9. The average Bonchev–Trinajstić information content (AvgIpc) is 2.33. The third-order valence-electron chi connectivity index (χ3n) is 2.14. The first-order valence-corrected chi connectivity index (χ1v) is 5.57. The molecule has 1 fully saturated rings. The van der Waals surface area contributed by atoms with E-state index in [9.17, 15) is 8.78 Å². The quantitative estimate of drug-likeness (QED) is 0.646. The van der Waals surface area contributed by atoms with Crippen LogP contribution >= 0.6 is 0 Å². The summed E-state index contributed by atoms with van der Waals surface area (Å²) in [6, 6.07) is 0. The van der Waals surface area contributed by atoms with Crippen LogP contribution in [0.2, 0.25) is 0 Å². The van der Waals surface area contributed by atoms with Gasteiger partial charge in [-0.1, -0.05) is 0 Å². The van der Waals surface area contributed by atoms with Gasteiger partial charge in [-0.25, -0.2) is 0 Å². The first-order chi connectivity index (χ1) is 5.91. The molecule has 0 saturated carbocycles. The van der Waals surface area contributed by atoms with Crippen LogP contribution in [-0.4, -0.2) is 50.1 Å². The molecule has 0 amide bonds. The monoisotopic (exact) mass is 202 g/mol. The van der Waals surface area contributed by atoms with Crippen LogP contribution in [0.25, 0.3) is 0 Å². The van der Waals surface area contributed by atoms with Gasteiger partial charge in [0, 0.05) is 0 Å². The minimum atomic E-state index is -2.44. The second-order valence-electron chi connectivity index (χ2n) is 3.75. The summed E-state index contributed by atoms with van der Waals surface area (Å²) >= 11 is -0.0672. The van der Waals surface area contributed by atoms with E-state index in [4.69, 9.17) is 9.47 Å². The molecule has 0 aliphatic carbocycles. The van der Waals surface area contributed by atoms with Crippen molar-refractivity contribution >= 4 is 27.9 Å². The summed E-state index contributed by atoms with van der Waals surface area (Å²) in [6.45, 7) is 2.97. The SMILES string of the molecule is CC1(CCC[C](F)(F)[Na])OCCO1. The van der Waals surface area contributed by atoms with Crippen molar-refractivity contribution in [1.29, 1.82) is 0 Å². The van der Waals surface area contributed by atoms with Crippen LogP contribution in [-0.2, 0) is 9.47 Å². The average molecular weight is 202 g/mol. The molecule has 5 heteroatoms. The molecule has 1 aliphatic heterocycles. The number of hydrogen-bond donors (Lipinski definition) is 0. The van der Waals surface area contributed by atoms with E-state index in [2.05, 4.69) is 0 Å². The van der Waals surface area contributed by atoms with Crippen molar-refractivity contribution in [1.82, 2.24) is 0 Å². The molecule has 0 radical (unpaired) electrons. The Hall–Kier alpha value is 0.780. The molecule has 1 saturated heterocycles. The molecule has 1 aliphatic rings. The zero-order valence-electron chi connectivity index (χ0n) is 8.11. The Labute approximate surface area is 94.4 Å². The summed E-state index contributed by atoms with van der Waals surface area (Å²) in [4.78, 5) is 0. The Balaban J connectivity index is 2.18. The number of rotatable bonds is 4. The van der Waals surface area contributed by atoms with Crippen LogP contribution in [0.3, 0.4) is 0 Å². The van der Waals surface area contributed by atoms with Gasteiger partial charge in [0.25, 0.3) is 0 Å². The van der Waals surface area contributed by atoms with E-state index in [0.29, 0.717) is 26.1 Å². The van der Waals surface area contributed by atoms with Gasteiger partial charge in [-0.15, -0.1) is 0 Å². The maximum absolute atomic E-state index is 12.5. The van der Waals surface area contributed by atoms with Crippen LogP contribution in [0.15, 0.2) is 0 Å². The molecule has 0 unspecified atom stereocenters. The summed E-state index contributed by atoms with van der Waals surface area (Å²) in [5, 5.41) is 0. The van der Waals surface area contributed by atoms with Crippen molar-refractivity contribution in [3.63, 3.8) is 0 Å². The predicted molar refractivity (Wildman–Crippen MR) is 44.9 cm³/mol. The molecule has 2 nitrogen and oxygen atoms in total. The van der Waals surface area contributed by atoms with Crippen molar-refractivity contribution in [2.45, 2.75) is 35.1 Å². The van der Waals surface area contributed by atoms with Gasteiger partial charge in [0.2, 0.25) is 0 Å². The van der Waals surface area contributed by atoms with Crippen molar-refractivity contribution in [3.8, 4) is 0 Å². The Morgan fingerprint density at radius 3 is 2.38 bits per heavy atom. The second-order valence-corrected chi connectivity index (χ2v) is 5.22. The summed E-state index contributed by atoms with van der Waals surface area (Å²) in [5.41, 5.74) is 0. The molecular weight excluding hydrogens is 189 g/mol. The van der Waals surface area contributed by atoms with Crippen LogP contribution in [0.1, 0.15) is 26.2 Å². The van der Waals surface area contributed by atoms with E-state index in [1.54, 1.807) is 0 Å². The number of alkyl halides is 2. The molecule has 13 heavy (non-hydrogen) atoms. The van der Waals surface area contributed by atoms with Gasteiger partial charge in [0.05, 0.1) is 0 Å². The van der Waals surface area contributed by atoms with Crippen molar-refractivity contribution in [3.05, 3.63) is 0 Å². The Bertz CT molecular complexity index is 164. The van der Waals surface area contributed by atoms with Crippen LogP contribution in [0.5, 0.6) is 0 Å². The van der Waals surface area contributed by atoms with Crippen LogP contribution in [0, 0.1) is 0 Å². The van der Waals surface area contributed by atoms with Gasteiger partial charge in [-0.2, -0.15) is 0 Å². The zero-order chi connectivity index (χ0) is 9.95. The Kier molecular flexibility index (Phi) is 4.13. The molecular formula is C8H13F2NaO2. The molecule has 0 spiro atoms. The topological polar surface area (TPSA) is 18.5 Å². The minimum absolute atomic E-state index is 0.0401. The molecule has 0 bridgehead atoms. The molecule has 0 aromatic carbocycles. The van der Waals surface area contributed by atoms with Gasteiger partial charge in [-0.3, -0.25) is 0 Å². The fraction of sp³-hybridized carbons (Fsp3) is 1.00. The van der Waals surface area contributed by atoms with E-state index in [1.807, 2.05) is 6.92 Å². The standard InChI is InChI=1S/C8H13F2O2.Na/c1-8(11-5-6-12-8)4-2-3-7(9)10;/h2-6H2,1H3;. The molecule has 0 aromatic rings. The van der Waals surface area contributed by atoms with Gasteiger partial charge in [0.15, 0.2) is 0 Å². The van der Waals surface area contributed by atoms with Crippen molar-refractivity contribution in [2.24, 2.45) is 0 Å².